The van der Waals surface area contributed by atoms with Gasteiger partial charge in [0.05, 0.1) is 11.2 Å². The number of aryl methyl sites for hydroxylation is 1. The first kappa shape index (κ1) is 12.2. The number of aromatic hydroxyl groups is 1. The van der Waals surface area contributed by atoms with Crippen LogP contribution in [0.4, 0.5) is 11.4 Å². The third kappa shape index (κ3) is 2.11. The van der Waals surface area contributed by atoms with E-state index in [1.54, 1.807) is 12.1 Å². The summed E-state index contributed by atoms with van der Waals surface area (Å²) >= 11 is 0. The van der Waals surface area contributed by atoms with Crippen LogP contribution in [0.15, 0.2) is 48.5 Å². The molecule has 0 spiro atoms. The minimum absolute atomic E-state index is 0.283. The molecule has 1 heterocycles. The zero-order chi connectivity index (χ0) is 14.2. The molecule has 2 N–H and O–H groups in total. The van der Waals surface area contributed by atoms with Gasteiger partial charge in [-0.1, -0.05) is 18.2 Å². The summed E-state index contributed by atoms with van der Waals surface area (Å²) in [4.78, 5) is 4.79. The van der Waals surface area contributed by atoms with Gasteiger partial charge in [0.25, 0.3) is 0 Å². The minimum atomic E-state index is 0.283. The molecular weight excluding hydrogens is 260 g/mol. The van der Waals surface area contributed by atoms with Crippen molar-refractivity contribution >= 4 is 22.3 Å². The highest BCUT2D eigenvalue weighted by Gasteiger charge is 2.19. The van der Waals surface area contributed by atoms with Crippen LogP contribution in [0.5, 0.6) is 5.75 Å². The summed E-state index contributed by atoms with van der Waals surface area (Å²) in [7, 11) is 0. The molecule has 2 aromatic carbocycles. The Morgan fingerprint density at radius 1 is 0.952 bits per heavy atom. The second-order valence-corrected chi connectivity index (χ2v) is 5.45. The molecule has 21 heavy (non-hydrogen) atoms. The van der Waals surface area contributed by atoms with Gasteiger partial charge in [-0.25, -0.2) is 0 Å². The van der Waals surface area contributed by atoms with E-state index in [1.165, 1.54) is 23.4 Å². The molecule has 0 saturated heterocycles. The third-order valence-electron chi connectivity index (χ3n) is 4.06. The van der Waals surface area contributed by atoms with Gasteiger partial charge < -0.3 is 10.4 Å². The van der Waals surface area contributed by atoms with Crippen molar-refractivity contribution < 1.29 is 5.11 Å². The number of hydrogen-bond acceptors (Lipinski definition) is 3. The summed E-state index contributed by atoms with van der Waals surface area (Å²) in [6.07, 6.45) is 3.31. The van der Waals surface area contributed by atoms with E-state index in [2.05, 4.69) is 17.4 Å². The number of benzene rings is 2. The Labute approximate surface area is 123 Å². The average molecular weight is 276 g/mol. The summed E-state index contributed by atoms with van der Waals surface area (Å²) in [6, 6.07) is 15.4. The van der Waals surface area contributed by atoms with Crippen LogP contribution in [0, 0.1) is 0 Å². The van der Waals surface area contributed by atoms with Crippen LogP contribution in [0.3, 0.4) is 0 Å². The number of aromatic nitrogens is 1. The van der Waals surface area contributed by atoms with Crippen molar-refractivity contribution in [3.8, 4) is 5.75 Å². The molecule has 0 radical (unpaired) electrons. The van der Waals surface area contributed by atoms with E-state index in [4.69, 9.17) is 4.98 Å². The van der Waals surface area contributed by atoms with E-state index >= 15 is 0 Å². The van der Waals surface area contributed by atoms with Gasteiger partial charge in [0.1, 0.15) is 5.75 Å². The fourth-order valence-electron chi connectivity index (χ4n) is 3.04. The molecule has 104 valence electrons. The van der Waals surface area contributed by atoms with Gasteiger partial charge in [-0.15, -0.1) is 0 Å². The van der Waals surface area contributed by atoms with Crippen molar-refractivity contribution in [2.24, 2.45) is 0 Å². The molecule has 0 aliphatic heterocycles. The van der Waals surface area contributed by atoms with E-state index in [0.717, 1.165) is 29.4 Å². The maximum atomic E-state index is 9.41. The highest BCUT2D eigenvalue weighted by molar-refractivity contribution is 5.95. The van der Waals surface area contributed by atoms with E-state index in [0.29, 0.717) is 0 Å². The molecule has 0 fully saturated rings. The molecule has 4 rings (SSSR count). The normalized spacial score (nSPS) is 13.3. The van der Waals surface area contributed by atoms with Crippen molar-refractivity contribution in [2.45, 2.75) is 19.3 Å². The third-order valence-corrected chi connectivity index (χ3v) is 4.06. The Balaban J connectivity index is 1.88. The first-order valence-corrected chi connectivity index (χ1v) is 7.28. The van der Waals surface area contributed by atoms with Crippen LogP contribution in [-0.2, 0) is 12.8 Å². The van der Waals surface area contributed by atoms with E-state index in [-0.39, 0.29) is 5.75 Å². The Hall–Kier alpha value is -2.55. The molecule has 1 aromatic heterocycles. The zero-order valence-corrected chi connectivity index (χ0v) is 11.6. The van der Waals surface area contributed by atoms with E-state index in [9.17, 15) is 5.11 Å². The Morgan fingerprint density at radius 3 is 2.62 bits per heavy atom. The predicted molar refractivity (Wildman–Crippen MR) is 85.2 cm³/mol. The SMILES string of the molecule is Oc1ccc(Nc2c3c(nc4ccccc24)CCC3)cc1. The second-order valence-electron chi connectivity index (χ2n) is 5.45. The molecule has 0 unspecified atom stereocenters. The predicted octanol–water partition coefficient (Wildman–Crippen LogP) is 4.17. The van der Waals surface area contributed by atoms with Crippen molar-refractivity contribution in [3.63, 3.8) is 0 Å². The molecule has 3 nitrogen and oxygen atoms in total. The van der Waals surface area contributed by atoms with Gasteiger partial charge in [0.15, 0.2) is 0 Å². The standard InChI is InChI=1S/C18H16N2O/c21-13-10-8-12(9-11-13)19-18-14-4-1-2-6-16(14)20-17-7-3-5-15(17)18/h1-2,4,6,8-11,21H,3,5,7H2,(H,19,20). The maximum Gasteiger partial charge on any atom is 0.115 e. The number of phenolic OH excluding ortho intramolecular Hbond substituents is 1. The fourth-order valence-corrected chi connectivity index (χ4v) is 3.04. The number of fused-ring (bicyclic) bond motifs is 2. The van der Waals surface area contributed by atoms with Gasteiger partial charge in [-0.05, 0) is 55.2 Å². The lowest BCUT2D eigenvalue weighted by Gasteiger charge is -2.14. The van der Waals surface area contributed by atoms with Gasteiger partial charge in [-0.2, -0.15) is 0 Å². The van der Waals surface area contributed by atoms with E-state index < -0.39 is 0 Å². The number of hydrogen-bond donors (Lipinski definition) is 2. The van der Waals surface area contributed by atoms with Crippen molar-refractivity contribution in [3.05, 3.63) is 59.8 Å². The number of rotatable bonds is 2. The molecule has 1 aliphatic carbocycles. The topological polar surface area (TPSA) is 45.1 Å². The Kier molecular flexibility index (Phi) is 2.78. The first-order chi connectivity index (χ1) is 10.3. The van der Waals surface area contributed by atoms with Crippen molar-refractivity contribution in [1.29, 1.82) is 0 Å². The first-order valence-electron chi connectivity index (χ1n) is 7.28. The number of phenols is 1. The molecule has 0 atom stereocenters. The maximum absolute atomic E-state index is 9.41. The van der Waals surface area contributed by atoms with E-state index in [1.807, 2.05) is 24.3 Å². The van der Waals surface area contributed by atoms with Crippen LogP contribution in [0.2, 0.25) is 0 Å². The highest BCUT2D eigenvalue weighted by atomic mass is 16.3. The molecule has 1 aliphatic rings. The van der Waals surface area contributed by atoms with Gasteiger partial charge >= 0.3 is 0 Å². The molecule has 0 bridgehead atoms. The molecule has 0 saturated carbocycles. The largest absolute Gasteiger partial charge is 0.508 e. The smallest absolute Gasteiger partial charge is 0.115 e. The highest BCUT2D eigenvalue weighted by Crippen LogP contribution is 2.35. The van der Waals surface area contributed by atoms with Crippen molar-refractivity contribution in [2.75, 3.05) is 5.32 Å². The van der Waals surface area contributed by atoms with Crippen LogP contribution in [0.25, 0.3) is 10.9 Å². The van der Waals surface area contributed by atoms with Crippen LogP contribution >= 0.6 is 0 Å². The summed E-state index contributed by atoms with van der Waals surface area (Å²) in [6.45, 7) is 0. The lowest BCUT2D eigenvalue weighted by Crippen LogP contribution is -1.99. The average Bonchev–Trinajstić information content (AvgIpc) is 2.97. The number of anilines is 2. The Morgan fingerprint density at radius 2 is 1.76 bits per heavy atom. The second kappa shape index (κ2) is 4.77. The van der Waals surface area contributed by atoms with Crippen LogP contribution in [0.1, 0.15) is 17.7 Å². The number of pyridine rings is 1. The number of para-hydroxylation sites is 1. The molecule has 3 heteroatoms. The van der Waals surface area contributed by atoms with Gasteiger partial charge in [0.2, 0.25) is 0 Å². The number of nitrogens with zero attached hydrogens (tertiary/aromatic N) is 1. The zero-order valence-electron chi connectivity index (χ0n) is 11.6. The summed E-state index contributed by atoms with van der Waals surface area (Å²) < 4.78 is 0. The fraction of sp³-hybridized carbons (Fsp3) is 0.167. The lowest BCUT2D eigenvalue weighted by molar-refractivity contribution is 0.475. The van der Waals surface area contributed by atoms with Gasteiger partial charge in [0, 0.05) is 16.8 Å². The minimum Gasteiger partial charge on any atom is -0.508 e. The molecular formula is C18H16N2O. The monoisotopic (exact) mass is 276 g/mol. The summed E-state index contributed by atoms with van der Waals surface area (Å²) in [5.41, 5.74) is 5.74. The van der Waals surface area contributed by atoms with Crippen molar-refractivity contribution in [1.82, 2.24) is 4.98 Å². The summed E-state index contributed by atoms with van der Waals surface area (Å²) in [5, 5.41) is 14.1. The molecule has 3 aromatic rings. The van der Waals surface area contributed by atoms with Crippen LogP contribution in [-0.4, -0.2) is 10.1 Å². The number of nitrogens with one attached hydrogen (secondary N) is 1. The Bertz CT molecular complexity index is 809. The summed E-state index contributed by atoms with van der Waals surface area (Å²) in [5.74, 6) is 0.283. The quantitative estimate of drug-likeness (QED) is 0.690. The van der Waals surface area contributed by atoms with Gasteiger partial charge in [-0.3, -0.25) is 4.98 Å². The lowest BCUT2D eigenvalue weighted by atomic mass is 10.1. The van der Waals surface area contributed by atoms with Crippen LogP contribution < -0.4 is 5.32 Å². The molecule has 0 amide bonds.